The van der Waals surface area contributed by atoms with E-state index in [2.05, 4.69) is 52.2 Å². The molecule has 124 valence electrons. The Morgan fingerprint density at radius 3 is 2.61 bits per heavy atom. The van der Waals surface area contributed by atoms with Gasteiger partial charge in [-0.2, -0.15) is 0 Å². The van der Waals surface area contributed by atoms with E-state index in [9.17, 15) is 0 Å². The van der Waals surface area contributed by atoms with Crippen molar-refractivity contribution in [2.24, 2.45) is 0 Å². The first-order chi connectivity index (χ1) is 11.1. The Morgan fingerprint density at radius 1 is 1.17 bits per heavy atom. The lowest BCUT2D eigenvalue weighted by molar-refractivity contribution is 0.165. The quantitative estimate of drug-likeness (QED) is 0.849. The highest BCUT2D eigenvalue weighted by atomic mass is 15.6. The molecule has 23 heavy (non-hydrogen) atoms. The van der Waals surface area contributed by atoms with Crippen LogP contribution in [0.15, 0.2) is 24.4 Å². The van der Waals surface area contributed by atoms with Crippen LogP contribution >= 0.6 is 0 Å². The van der Waals surface area contributed by atoms with Crippen LogP contribution in [-0.2, 0) is 5.54 Å². The maximum absolute atomic E-state index is 4.61. The summed E-state index contributed by atoms with van der Waals surface area (Å²) in [4.78, 5) is 7.08. The zero-order valence-corrected chi connectivity index (χ0v) is 14.3. The zero-order valence-electron chi connectivity index (χ0n) is 14.3. The van der Waals surface area contributed by atoms with E-state index in [1.807, 2.05) is 23.0 Å². The standard InChI is InChI=1S/C17H26N6/c1-4-17(2,3)23-16(19-20-21-23)15(14-10-6-7-11-18-14)22-12-8-5-9-13-22/h6-7,10-11,15H,4-5,8-9,12-13H2,1-3H3/t15-/m0/s1. The van der Waals surface area contributed by atoms with Crippen molar-refractivity contribution in [1.29, 1.82) is 0 Å². The number of rotatable bonds is 5. The molecule has 3 heterocycles. The molecule has 3 rings (SSSR count). The predicted octanol–water partition coefficient (Wildman–Crippen LogP) is 2.79. The molecule has 1 atom stereocenters. The lowest BCUT2D eigenvalue weighted by Gasteiger charge is -2.35. The lowest BCUT2D eigenvalue weighted by Crippen LogP contribution is -2.39. The Bertz CT molecular complexity index is 615. The van der Waals surface area contributed by atoms with Gasteiger partial charge in [0, 0.05) is 6.20 Å². The molecule has 0 amide bonds. The van der Waals surface area contributed by atoms with Crippen molar-refractivity contribution >= 4 is 0 Å². The largest absolute Gasteiger partial charge is 0.288 e. The second kappa shape index (κ2) is 6.74. The predicted molar refractivity (Wildman–Crippen MR) is 88.9 cm³/mol. The first-order valence-electron chi connectivity index (χ1n) is 8.57. The van der Waals surface area contributed by atoms with Crippen molar-refractivity contribution in [1.82, 2.24) is 30.1 Å². The third-order valence-corrected chi connectivity index (χ3v) is 4.90. The molecular formula is C17H26N6. The van der Waals surface area contributed by atoms with E-state index in [0.717, 1.165) is 31.0 Å². The molecule has 0 aromatic carbocycles. The Morgan fingerprint density at radius 2 is 1.96 bits per heavy atom. The topological polar surface area (TPSA) is 59.7 Å². The highest BCUT2D eigenvalue weighted by Crippen LogP contribution is 2.31. The van der Waals surface area contributed by atoms with Gasteiger partial charge in [-0.15, -0.1) is 5.10 Å². The molecule has 1 saturated heterocycles. The number of likely N-dealkylation sites (tertiary alicyclic amines) is 1. The Kier molecular flexibility index (Phi) is 4.71. The van der Waals surface area contributed by atoms with Crippen LogP contribution in [0.2, 0.25) is 0 Å². The van der Waals surface area contributed by atoms with Gasteiger partial charge in [-0.25, -0.2) is 4.68 Å². The molecule has 0 aliphatic carbocycles. The molecule has 0 spiro atoms. The van der Waals surface area contributed by atoms with E-state index in [1.165, 1.54) is 19.3 Å². The third-order valence-electron chi connectivity index (χ3n) is 4.90. The maximum atomic E-state index is 4.61. The van der Waals surface area contributed by atoms with E-state index >= 15 is 0 Å². The average Bonchev–Trinajstić information content (AvgIpc) is 3.07. The average molecular weight is 314 g/mol. The van der Waals surface area contributed by atoms with Gasteiger partial charge in [-0.3, -0.25) is 9.88 Å². The first-order valence-corrected chi connectivity index (χ1v) is 8.57. The van der Waals surface area contributed by atoms with Crippen LogP contribution in [0.1, 0.15) is 64.0 Å². The van der Waals surface area contributed by atoms with Gasteiger partial charge in [0.15, 0.2) is 5.82 Å². The van der Waals surface area contributed by atoms with Crippen LogP contribution in [0.3, 0.4) is 0 Å². The summed E-state index contributed by atoms with van der Waals surface area (Å²) < 4.78 is 1.99. The van der Waals surface area contributed by atoms with Gasteiger partial charge in [0.2, 0.25) is 0 Å². The third kappa shape index (κ3) is 3.27. The number of pyridine rings is 1. The number of hydrogen-bond donors (Lipinski definition) is 0. The van der Waals surface area contributed by atoms with Gasteiger partial charge in [0.05, 0.1) is 11.2 Å². The molecule has 0 bridgehead atoms. The summed E-state index contributed by atoms with van der Waals surface area (Å²) in [5.74, 6) is 0.900. The van der Waals surface area contributed by atoms with Gasteiger partial charge in [0.25, 0.3) is 0 Å². The Labute approximate surface area is 137 Å². The monoisotopic (exact) mass is 314 g/mol. The zero-order chi connectivity index (χ0) is 16.3. The second-order valence-electron chi connectivity index (χ2n) is 6.87. The second-order valence-corrected chi connectivity index (χ2v) is 6.87. The van der Waals surface area contributed by atoms with Gasteiger partial charge < -0.3 is 0 Å². The molecule has 0 saturated carbocycles. The highest BCUT2D eigenvalue weighted by molar-refractivity contribution is 5.18. The summed E-state index contributed by atoms with van der Waals surface area (Å²) in [5.41, 5.74) is 0.916. The molecule has 2 aromatic rings. The molecule has 0 N–H and O–H groups in total. The van der Waals surface area contributed by atoms with Crippen LogP contribution < -0.4 is 0 Å². The summed E-state index contributed by atoms with van der Waals surface area (Å²) in [5, 5.41) is 12.7. The molecule has 0 radical (unpaired) electrons. The van der Waals surface area contributed by atoms with Crippen LogP contribution in [0, 0.1) is 0 Å². The Hall–Kier alpha value is -1.82. The van der Waals surface area contributed by atoms with Crippen LogP contribution in [-0.4, -0.2) is 43.2 Å². The van der Waals surface area contributed by atoms with E-state index in [0.29, 0.717) is 0 Å². The van der Waals surface area contributed by atoms with Crippen LogP contribution in [0.25, 0.3) is 0 Å². The summed E-state index contributed by atoms with van der Waals surface area (Å²) in [6.07, 6.45) is 6.58. The first kappa shape index (κ1) is 16.1. The molecular weight excluding hydrogens is 288 g/mol. The van der Waals surface area contributed by atoms with Crippen LogP contribution in [0.5, 0.6) is 0 Å². The summed E-state index contributed by atoms with van der Waals surface area (Å²) >= 11 is 0. The van der Waals surface area contributed by atoms with Crippen molar-refractivity contribution < 1.29 is 0 Å². The molecule has 0 unspecified atom stereocenters. The normalized spacial score (nSPS) is 18.0. The minimum absolute atomic E-state index is 0.0253. The van der Waals surface area contributed by atoms with E-state index < -0.39 is 0 Å². The molecule has 1 fully saturated rings. The van der Waals surface area contributed by atoms with E-state index in [4.69, 9.17) is 0 Å². The lowest BCUT2D eigenvalue weighted by atomic mass is 10.00. The maximum Gasteiger partial charge on any atom is 0.175 e. The fourth-order valence-corrected chi connectivity index (χ4v) is 3.14. The fraction of sp³-hybridized carbons (Fsp3) is 0.647. The van der Waals surface area contributed by atoms with Gasteiger partial charge in [0.1, 0.15) is 6.04 Å². The number of nitrogens with zero attached hydrogens (tertiary/aromatic N) is 6. The number of tetrazole rings is 1. The van der Waals surface area contributed by atoms with Crippen LogP contribution in [0.4, 0.5) is 0 Å². The molecule has 6 nitrogen and oxygen atoms in total. The van der Waals surface area contributed by atoms with Crippen molar-refractivity contribution in [3.63, 3.8) is 0 Å². The highest BCUT2D eigenvalue weighted by Gasteiger charge is 2.33. The van der Waals surface area contributed by atoms with Crippen molar-refractivity contribution in [2.75, 3.05) is 13.1 Å². The fourth-order valence-electron chi connectivity index (χ4n) is 3.14. The van der Waals surface area contributed by atoms with E-state index in [-0.39, 0.29) is 11.6 Å². The van der Waals surface area contributed by atoms with Gasteiger partial charge in [-0.1, -0.05) is 19.4 Å². The number of hydrogen-bond acceptors (Lipinski definition) is 5. The SMILES string of the molecule is CCC(C)(C)n1nnnc1[C@H](c1ccccn1)N1CCCCC1. The smallest absolute Gasteiger partial charge is 0.175 e. The Balaban J connectivity index is 2.04. The van der Waals surface area contributed by atoms with Gasteiger partial charge in [-0.05, 0) is 68.8 Å². The van der Waals surface area contributed by atoms with Crippen molar-refractivity contribution in [3.8, 4) is 0 Å². The van der Waals surface area contributed by atoms with Crippen molar-refractivity contribution in [3.05, 3.63) is 35.9 Å². The number of aromatic nitrogens is 5. The minimum Gasteiger partial charge on any atom is -0.288 e. The van der Waals surface area contributed by atoms with Crippen molar-refractivity contribution in [2.45, 2.75) is 58.0 Å². The van der Waals surface area contributed by atoms with E-state index in [1.54, 1.807) is 0 Å². The van der Waals surface area contributed by atoms with Gasteiger partial charge >= 0.3 is 0 Å². The molecule has 6 heteroatoms. The molecule has 2 aromatic heterocycles. The molecule has 1 aliphatic rings. The summed E-state index contributed by atoms with van der Waals surface area (Å²) in [6.45, 7) is 8.67. The molecule has 1 aliphatic heterocycles. The summed E-state index contributed by atoms with van der Waals surface area (Å²) in [7, 11) is 0. The minimum atomic E-state index is -0.109. The summed E-state index contributed by atoms with van der Waals surface area (Å²) in [6, 6.07) is 6.10. The number of piperidine rings is 1.